The minimum Gasteiger partial charge on any atom is -0.478 e. The molecule has 0 unspecified atom stereocenters. The molecule has 0 atom stereocenters. The molecule has 5 heteroatoms. The monoisotopic (exact) mass is 346 g/mol. The van der Waals surface area contributed by atoms with Crippen LogP contribution in [0.3, 0.4) is 0 Å². The van der Waals surface area contributed by atoms with E-state index in [1.165, 1.54) is 24.3 Å². The Morgan fingerprint density at radius 1 is 1.00 bits per heavy atom. The fraction of sp³-hybridized carbons (Fsp3) is 0.0476. The highest BCUT2D eigenvalue weighted by atomic mass is 16.4. The number of rotatable bonds is 4. The van der Waals surface area contributed by atoms with Crippen LogP contribution in [-0.4, -0.2) is 17.0 Å². The minimum atomic E-state index is -1.13. The lowest BCUT2D eigenvalue weighted by Gasteiger charge is -2.09. The van der Waals surface area contributed by atoms with Crippen molar-refractivity contribution in [3.05, 3.63) is 77.9 Å². The number of benzene rings is 3. The van der Waals surface area contributed by atoms with Crippen molar-refractivity contribution in [1.82, 2.24) is 0 Å². The molecule has 130 valence electrons. The first kappa shape index (κ1) is 17.2. The van der Waals surface area contributed by atoms with Crippen LogP contribution in [0.2, 0.25) is 0 Å². The molecule has 26 heavy (non-hydrogen) atoms. The molecule has 1 amide bonds. The standard InChI is InChI=1S/C21H18N2O3/c1-13(15-7-6-14-4-2-3-5-16(14)11-15)10-20(24)23-19-12-17(22)8-9-18(19)21(25)26/h2-12H,22H2,1H3,(H,23,24)(H,25,26). The zero-order chi connectivity index (χ0) is 18.7. The molecule has 3 aromatic carbocycles. The first-order valence-corrected chi connectivity index (χ1v) is 8.05. The fourth-order valence-corrected chi connectivity index (χ4v) is 2.74. The summed E-state index contributed by atoms with van der Waals surface area (Å²) < 4.78 is 0. The summed E-state index contributed by atoms with van der Waals surface area (Å²) in [5, 5.41) is 14.0. The second-order valence-electron chi connectivity index (χ2n) is 5.99. The number of nitrogens with one attached hydrogen (secondary N) is 1. The highest BCUT2D eigenvalue weighted by Gasteiger charge is 2.12. The van der Waals surface area contributed by atoms with Gasteiger partial charge in [-0.1, -0.05) is 36.4 Å². The van der Waals surface area contributed by atoms with Gasteiger partial charge in [0, 0.05) is 11.8 Å². The van der Waals surface area contributed by atoms with Gasteiger partial charge in [-0.05, 0) is 53.1 Å². The molecule has 0 aromatic heterocycles. The number of nitrogen functional groups attached to an aromatic ring is 1. The lowest BCUT2D eigenvalue weighted by atomic mass is 10.0. The van der Waals surface area contributed by atoms with Gasteiger partial charge in [0.05, 0.1) is 11.3 Å². The number of hydrogen-bond acceptors (Lipinski definition) is 3. The van der Waals surface area contributed by atoms with Crippen molar-refractivity contribution in [1.29, 1.82) is 0 Å². The molecular formula is C21H18N2O3. The van der Waals surface area contributed by atoms with Crippen molar-refractivity contribution in [2.45, 2.75) is 6.92 Å². The van der Waals surface area contributed by atoms with Crippen LogP contribution in [0.5, 0.6) is 0 Å². The highest BCUT2D eigenvalue weighted by Crippen LogP contribution is 2.22. The maximum absolute atomic E-state index is 12.3. The number of carbonyl (C=O) groups is 2. The molecule has 4 N–H and O–H groups in total. The Labute approximate surface area is 150 Å². The maximum atomic E-state index is 12.3. The number of amides is 1. The topological polar surface area (TPSA) is 92.4 Å². The average Bonchev–Trinajstić information content (AvgIpc) is 2.61. The number of carboxylic acids is 1. The Balaban J connectivity index is 1.86. The van der Waals surface area contributed by atoms with E-state index in [1.54, 1.807) is 0 Å². The van der Waals surface area contributed by atoms with Gasteiger partial charge < -0.3 is 16.2 Å². The summed E-state index contributed by atoms with van der Waals surface area (Å²) in [6.45, 7) is 1.83. The van der Waals surface area contributed by atoms with Gasteiger partial charge in [-0.3, -0.25) is 4.79 Å². The first-order chi connectivity index (χ1) is 12.4. The lowest BCUT2D eigenvalue weighted by Crippen LogP contribution is -2.13. The number of hydrogen-bond donors (Lipinski definition) is 3. The zero-order valence-corrected chi connectivity index (χ0v) is 14.2. The lowest BCUT2D eigenvalue weighted by molar-refractivity contribution is -0.111. The number of nitrogens with two attached hydrogens (primary N) is 1. The predicted octanol–water partition coefficient (Wildman–Crippen LogP) is 4.16. The van der Waals surface area contributed by atoms with Crippen molar-refractivity contribution < 1.29 is 14.7 Å². The van der Waals surface area contributed by atoms with E-state index >= 15 is 0 Å². The molecule has 0 radical (unpaired) electrons. The van der Waals surface area contributed by atoms with Crippen LogP contribution in [0.15, 0.2) is 66.7 Å². The SMILES string of the molecule is CC(=CC(=O)Nc1cc(N)ccc1C(=O)O)c1ccc2ccccc2c1. The molecule has 3 rings (SSSR count). The Morgan fingerprint density at radius 3 is 2.46 bits per heavy atom. The van der Waals surface area contributed by atoms with Gasteiger partial charge in [0.15, 0.2) is 0 Å². The third-order valence-corrected chi connectivity index (χ3v) is 4.08. The summed E-state index contributed by atoms with van der Waals surface area (Å²) in [6.07, 6.45) is 1.44. The largest absolute Gasteiger partial charge is 0.478 e. The molecule has 0 aliphatic heterocycles. The van der Waals surface area contributed by atoms with Gasteiger partial charge in [-0.25, -0.2) is 4.79 Å². The summed E-state index contributed by atoms with van der Waals surface area (Å²) >= 11 is 0. The van der Waals surface area contributed by atoms with Crippen LogP contribution >= 0.6 is 0 Å². The van der Waals surface area contributed by atoms with Crippen LogP contribution in [0, 0.1) is 0 Å². The van der Waals surface area contributed by atoms with Gasteiger partial charge in [0.1, 0.15) is 0 Å². The van der Waals surface area contributed by atoms with Crippen LogP contribution in [0.4, 0.5) is 11.4 Å². The Kier molecular flexibility index (Phi) is 4.71. The zero-order valence-electron chi connectivity index (χ0n) is 14.2. The van der Waals surface area contributed by atoms with Gasteiger partial charge in [0.2, 0.25) is 5.91 Å². The van der Waals surface area contributed by atoms with E-state index in [4.69, 9.17) is 5.73 Å². The molecule has 0 aliphatic rings. The number of anilines is 2. The second kappa shape index (κ2) is 7.11. The van der Waals surface area contributed by atoms with E-state index < -0.39 is 11.9 Å². The second-order valence-corrected chi connectivity index (χ2v) is 5.99. The van der Waals surface area contributed by atoms with Crippen molar-refractivity contribution in [2.24, 2.45) is 0 Å². The molecular weight excluding hydrogens is 328 g/mol. The number of fused-ring (bicyclic) bond motifs is 1. The van der Waals surface area contributed by atoms with Gasteiger partial charge in [-0.2, -0.15) is 0 Å². The number of aromatic carboxylic acids is 1. The number of carbonyl (C=O) groups excluding carboxylic acids is 1. The Morgan fingerprint density at radius 2 is 1.73 bits per heavy atom. The Bertz CT molecular complexity index is 1040. The normalized spacial score (nSPS) is 11.3. The van der Waals surface area contributed by atoms with E-state index in [9.17, 15) is 14.7 Å². The summed E-state index contributed by atoms with van der Waals surface area (Å²) in [5.74, 6) is -1.54. The molecule has 0 spiro atoms. The predicted molar refractivity (Wildman–Crippen MR) is 104 cm³/mol. The quantitative estimate of drug-likeness (QED) is 0.488. The van der Waals surface area contributed by atoms with E-state index in [-0.39, 0.29) is 11.3 Å². The molecule has 0 aliphatic carbocycles. The van der Waals surface area contributed by atoms with Gasteiger partial charge in [0.25, 0.3) is 0 Å². The molecule has 0 bridgehead atoms. The summed E-state index contributed by atoms with van der Waals surface area (Å²) in [4.78, 5) is 23.6. The molecule has 0 fully saturated rings. The molecule has 0 heterocycles. The van der Waals surface area contributed by atoms with Crippen LogP contribution in [0.1, 0.15) is 22.8 Å². The van der Waals surface area contributed by atoms with Crippen LogP contribution in [-0.2, 0) is 4.79 Å². The molecule has 3 aromatic rings. The molecule has 0 saturated carbocycles. The summed E-state index contributed by atoms with van der Waals surface area (Å²) in [5.41, 5.74) is 7.92. The first-order valence-electron chi connectivity index (χ1n) is 8.05. The highest BCUT2D eigenvalue weighted by molar-refractivity contribution is 6.07. The van der Waals surface area contributed by atoms with Gasteiger partial charge >= 0.3 is 5.97 Å². The average molecular weight is 346 g/mol. The maximum Gasteiger partial charge on any atom is 0.337 e. The third kappa shape index (κ3) is 3.72. The van der Waals surface area contributed by atoms with Crippen molar-refractivity contribution in [3.63, 3.8) is 0 Å². The summed E-state index contributed by atoms with van der Waals surface area (Å²) in [6, 6.07) is 18.2. The minimum absolute atomic E-state index is 0.00990. The smallest absolute Gasteiger partial charge is 0.337 e. The molecule has 5 nitrogen and oxygen atoms in total. The number of carboxylic acid groups (broad SMARTS) is 1. The fourth-order valence-electron chi connectivity index (χ4n) is 2.74. The van der Waals surface area contributed by atoms with E-state index in [0.29, 0.717) is 5.69 Å². The third-order valence-electron chi connectivity index (χ3n) is 4.08. The van der Waals surface area contributed by atoms with Crippen molar-refractivity contribution in [2.75, 3.05) is 11.1 Å². The molecule has 0 saturated heterocycles. The van der Waals surface area contributed by atoms with E-state index in [1.807, 2.05) is 49.4 Å². The summed E-state index contributed by atoms with van der Waals surface area (Å²) in [7, 11) is 0. The van der Waals surface area contributed by atoms with Crippen LogP contribution < -0.4 is 11.1 Å². The van der Waals surface area contributed by atoms with E-state index in [2.05, 4.69) is 5.32 Å². The Hall–Kier alpha value is -3.60. The van der Waals surface area contributed by atoms with Gasteiger partial charge in [-0.15, -0.1) is 0 Å². The van der Waals surface area contributed by atoms with E-state index in [0.717, 1.165) is 21.9 Å². The number of allylic oxidation sites excluding steroid dienone is 1. The van der Waals surface area contributed by atoms with Crippen molar-refractivity contribution in [3.8, 4) is 0 Å². The van der Waals surface area contributed by atoms with Crippen molar-refractivity contribution >= 4 is 39.6 Å². The van der Waals surface area contributed by atoms with Crippen LogP contribution in [0.25, 0.3) is 16.3 Å².